The summed E-state index contributed by atoms with van der Waals surface area (Å²) in [5.74, 6) is -0.0550. The third-order valence-electron chi connectivity index (χ3n) is 2.02. The minimum atomic E-state index is -0.0550. The molecule has 6 heteroatoms. The lowest BCUT2D eigenvalue weighted by Gasteiger charge is -2.22. The van der Waals surface area contributed by atoms with E-state index in [1.54, 1.807) is 19.1 Å². The van der Waals surface area contributed by atoms with Crippen molar-refractivity contribution in [2.75, 3.05) is 40.5 Å². The topological polar surface area (TPSA) is 64.8 Å². The first-order chi connectivity index (χ1) is 7.61. The fourth-order valence-electron chi connectivity index (χ4n) is 1.22. The van der Waals surface area contributed by atoms with E-state index in [4.69, 9.17) is 27.4 Å². The van der Waals surface area contributed by atoms with Gasteiger partial charge in [0.15, 0.2) is 0 Å². The van der Waals surface area contributed by atoms with Gasteiger partial charge in [0.1, 0.15) is 0 Å². The van der Waals surface area contributed by atoms with Crippen LogP contribution in [0, 0.1) is 0 Å². The number of hydrogen-bond donors (Lipinski definition) is 1. The molecule has 0 rings (SSSR count). The summed E-state index contributed by atoms with van der Waals surface area (Å²) >= 11 is 4.71. The van der Waals surface area contributed by atoms with Crippen LogP contribution in [-0.2, 0) is 14.3 Å². The number of carbonyl (C=O) groups is 1. The van der Waals surface area contributed by atoms with Gasteiger partial charge in [-0.25, -0.2) is 0 Å². The van der Waals surface area contributed by atoms with E-state index in [0.717, 1.165) is 6.42 Å². The molecule has 0 atom stereocenters. The lowest BCUT2D eigenvalue weighted by molar-refractivity contribution is -0.130. The summed E-state index contributed by atoms with van der Waals surface area (Å²) in [6.07, 6.45) is 0.912. The van der Waals surface area contributed by atoms with Crippen molar-refractivity contribution in [2.45, 2.75) is 12.8 Å². The summed E-state index contributed by atoms with van der Waals surface area (Å²) in [5.41, 5.74) is 5.34. The maximum atomic E-state index is 11.7. The van der Waals surface area contributed by atoms with Crippen molar-refractivity contribution in [2.24, 2.45) is 5.73 Å². The van der Waals surface area contributed by atoms with E-state index in [1.807, 2.05) is 0 Å². The average Bonchev–Trinajstić information content (AvgIpc) is 2.22. The van der Waals surface area contributed by atoms with Gasteiger partial charge in [-0.1, -0.05) is 12.2 Å². The third kappa shape index (κ3) is 7.56. The lowest BCUT2D eigenvalue weighted by Crippen LogP contribution is -2.37. The molecule has 0 aromatic heterocycles. The normalized spacial score (nSPS) is 10.1. The second kappa shape index (κ2) is 9.50. The van der Waals surface area contributed by atoms with Gasteiger partial charge < -0.3 is 20.1 Å². The number of nitrogens with zero attached hydrogens (tertiary/aromatic N) is 1. The van der Waals surface area contributed by atoms with Gasteiger partial charge in [-0.2, -0.15) is 0 Å². The SMILES string of the molecule is COCCCN(CCOC)C(=O)CC(N)=S. The molecular formula is C10H20N2O3S. The average molecular weight is 248 g/mol. The smallest absolute Gasteiger partial charge is 0.229 e. The quantitative estimate of drug-likeness (QED) is 0.465. The summed E-state index contributed by atoms with van der Waals surface area (Å²) in [6, 6.07) is 0. The van der Waals surface area contributed by atoms with Gasteiger partial charge >= 0.3 is 0 Å². The summed E-state index contributed by atoms with van der Waals surface area (Å²) in [5, 5.41) is 0. The molecule has 0 radical (unpaired) electrons. The molecule has 5 nitrogen and oxygen atoms in total. The maximum absolute atomic E-state index is 11.7. The molecule has 0 aliphatic carbocycles. The molecule has 0 aliphatic heterocycles. The molecule has 2 N–H and O–H groups in total. The standard InChI is InChI=1S/C10H20N2O3S/c1-14-6-3-4-12(5-7-15-2)10(13)8-9(11)16/h3-8H2,1-2H3,(H2,11,16). The minimum Gasteiger partial charge on any atom is -0.393 e. The van der Waals surface area contributed by atoms with E-state index >= 15 is 0 Å². The maximum Gasteiger partial charge on any atom is 0.229 e. The molecule has 0 spiro atoms. The van der Waals surface area contributed by atoms with Crippen molar-refractivity contribution in [1.29, 1.82) is 0 Å². The Bertz CT molecular complexity index is 224. The number of carbonyl (C=O) groups excluding carboxylic acids is 1. The second-order valence-electron chi connectivity index (χ2n) is 3.36. The zero-order chi connectivity index (χ0) is 12.4. The van der Waals surface area contributed by atoms with E-state index < -0.39 is 0 Å². The van der Waals surface area contributed by atoms with Crippen LogP contribution in [0.4, 0.5) is 0 Å². The Morgan fingerprint density at radius 3 is 2.38 bits per heavy atom. The molecule has 0 aromatic carbocycles. The van der Waals surface area contributed by atoms with Gasteiger partial charge in [-0.05, 0) is 6.42 Å². The van der Waals surface area contributed by atoms with Crippen LogP contribution in [0.5, 0.6) is 0 Å². The number of methoxy groups -OCH3 is 2. The summed E-state index contributed by atoms with van der Waals surface area (Å²) in [7, 11) is 3.24. The van der Waals surface area contributed by atoms with Crippen molar-refractivity contribution < 1.29 is 14.3 Å². The lowest BCUT2D eigenvalue weighted by atomic mass is 10.3. The van der Waals surface area contributed by atoms with Gasteiger partial charge in [-0.3, -0.25) is 4.79 Å². The third-order valence-corrected chi connectivity index (χ3v) is 2.16. The van der Waals surface area contributed by atoms with Gasteiger partial charge in [0.25, 0.3) is 0 Å². The molecule has 0 saturated heterocycles. The summed E-state index contributed by atoms with van der Waals surface area (Å²) < 4.78 is 9.88. The molecule has 16 heavy (non-hydrogen) atoms. The van der Waals surface area contributed by atoms with Crippen LogP contribution in [-0.4, -0.2) is 56.3 Å². The Hall–Kier alpha value is -0.720. The Kier molecular flexibility index (Phi) is 9.07. The Labute approximate surface area is 102 Å². The van der Waals surface area contributed by atoms with E-state index in [1.165, 1.54) is 0 Å². The highest BCUT2D eigenvalue weighted by atomic mass is 32.1. The van der Waals surface area contributed by atoms with Crippen molar-refractivity contribution in [3.63, 3.8) is 0 Å². The second-order valence-corrected chi connectivity index (χ2v) is 3.89. The van der Waals surface area contributed by atoms with E-state index in [9.17, 15) is 4.79 Å². The fraction of sp³-hybridized carbons (Fsp3) is 0.800. The Morgan fingerprint density at radius 1 is 1.25 bits per heavy atom. The van der Waals surface area contributed by atoms with Gasteiger partial charge in [0.2, 0.25) is 5.91 Å². The van der Waals surface area contributed by atoms with Crippen LogP contribution in [0.3, 0.4) is 0 Å². The molecule has 0 saturated carbocycles. The highest BCUT2D eigenvalue weighted by Gasteiger charge is 2.13. The molecule has 1 amide bonds. The molecule has 0 fully saturated rings. The summed E-state index contributed by atoms with van der Waals surface area (Å²) in [4.78, 5) is 13.6. The predicted molar refractivity (Wildman–Crippen MR) is 66.4 cm³/mol. The first kappa shape index (κ1) is 15.3. The molecular weight excluding hydrogens is 228 g/mol. The predicted octanol–water partition coefficient (Wildman–Crippen LogP) is 0.174. The van der Waals surface area contributed by atoms with E-state index in [2.05, 4.69) is 0 Å². The largest absolute Gasteiger partial charge is 0.393 e. The highest BCUT2D eigenvalue weighted by molar-refractivity contribution is 7.80. The van der Waals surface area contributed by atoms with Crippen LogP contribution in [0.1, 0.15) is 12.8 Å². The van der Waals surface area contributed by atoms with E-state index in [0.29, 0.717) is 26.3 Å². The number of ether oxygens (including phenoxy) is 2. The number of rotatable bonds is 9. The number of hydrogen-bond acceptors (Lipinski definition) is 4. The van der Waals surface area contributed by atoms with Crippen molar-refractivity contribution >= 4 is 23.1 Å². The fourth-order valence-corrected chi connectivity index (χ4v) is 1.35. The molecule has 0 bridgehead atoms. The van der Waals surface area contributed by atoms with Crippen LogP contribution in [0.25, 0.3) is 0 Å². The molecule has 0 aromatic rings. The number of amides is 1. The van der Waals surface area contributed by atoms with Crippen molar-refractivity contribution in [3.05, 3.63) is 0 Å². The van der Waals surface area contributed by atoms with Gasteiger partial charge in [0.05, 0.1) is 18.0 Å². The molecule has 0 unspecified atom stereocenters. The monoisotopic (exact) mass is 248 g/mol. The van der Waals surface area contributed by atoms with Crippen LogP contribution < -0.4 is 5.73 Å². The number of nitrogens with two attached hydrogens (primary N) is 1. The number of thiocarbonyl (C=S) groups is 1. The van der Waals surface area contributed by atoms with Crippen LogP contribution in [0.2, 0.25) is 0 Å². The zero-order valence-electron chi connectivity index (χ0n) is 9.90. The molecule has 0 heterocycles. The first-order valence-corrected chi connectivity index (χ1v) is 5.56. The minimum absolute atomic E-state index is 0.0550. The molecule has 0 aliphatic rings. The zero-order valence-corrected chi connectivity index (χ0v) is 10.7. The summed E-state index contributed by atoms with van der Waals surface area (Å²) in [6.45, 7) is 2.33. The highest BCUT2D eigenvalue weighted by Crippen LogP contribution is 1.98. The van der Waals surface area contributed by atoms with Gasteiger partial charge in [0, 0.05) is 33.9 Å². The van der Waals surface area contributed by atoms with Crippen LogP contribution >= 0.6 is 12.2 Å². The van der Waals surface area contributed by atoms with Crippen LogP contribution in [0.15, 0.2) is 0 Å². The Balaban J connectivity index is 4.06. The van der Waals surface area contributed by atoms with Gasteiger partial charge in [-0.15, -0.1) is 0 Å². The molecule has 94 valence electrons. The van der Waals surface area contributed by atoms with E-state index in [-0.39, 0.29) is 17.3 Å². The van der Waals surface area contributed by atoms with Crippen molar-refractivity contribution in [3.8, 4) is 0 Å². The Morgan fingerprint density at radius 2 is 1.88 bits per heavy atom. The first-order valence-electron chi connectivity index (χ1n) is 5.15. The van der Waals surface area contributed by atoms with Crippen molar-refractivity contribution in [1.82, 2.24) is 4.90 Å².